The first-order chi connectivity index (χ1) is 17.1. The normalized spacial score (nSPS) is 19.9. The zero-order chi connectivity index (χ0) is 25.6. The van der Waals surface area contributed by atoms with Gasteiger partial charge in [-0.3, -0.25) is 0 Å². The maximum Gasteiger partial charge on any atom is 0.226 e. The lowest BCUT2D eigenvalue weighted by Crippen LogP contribution is -2.57. The van der Waals surface area contributed by atoms with Gasteiger partial charge >= 0.3 is 0 Å². The molecule has 0 aliphatic carbocycles. The summed E-state index contributed by atoms with van der Waals surface area (Å²) in [6, 6.07) is 5.82. The van der Waals surface area contributed by atoms with Crippen LogP contribution < -0.4 is 20.9 Å². The van der Waals surface area contributed by atoms with Gasteiger partial charge in [-0.25, -0.2) is 18.4 Å². The highest BCUT2D eigenvalue weighted by Crippen LogP contribution is 2.41. The fourth-order valence-electron chi connectivity index (χ4n) is 5.08. The van der Waals surface area contributed by atoms with Crippen LogP contribution in [0.3, 0.4) is 0 Å². The Hall–Kier alpha value is -3.18. The molecule has 3 aromatic rings. The standard InChI is InChI=1S/C25H33N7O3S/c1-15(2)24-17-9-23(29-22-5-6-27-25(30-22)31(3)4)28-11-18(17)20(10-19(24)26)32-12-16(13-32)21-14-35-7-8-36(21,33)34/h5-6,9-11,15-16,21H,7-8,12-14,26H2,1-4H3,(H,27,28,29,30). The number of nitrogens with two attached hydrogens (primary N) is 1. The summed E-state index contributed by atoms with van der Waals surface area (Å²) in [6.45, 7) is 6.12. The molecule has 5 rings (SSSR count). The van der Waals surface area contributed by atoms with Gasteiger partial charge in [0, 0.05) is 62.3 Å². The minimum absolute atomic E-state index is 0.0499. The molecule has 2 aliphatic rings. The molecule has 2 fully saturated rings. The predicted octanol–water partition coefficient (Wildman–Crippen LogP) is 2.79. The van der Waals surface area contributed by atoms with Gasteiger partial charge in [-0.1, -0.05) is 13.8 Å². The van der Waals surface area contributed by atoms with Gasteiger partial charge in [0.2, 0.25) is 5.95 Å². The molecule has 2 saturated heterocycles. The fourth-order valence-corrected chi connectivity index (χ4v) is 6.80. The number of hydrogen-bond acceptors (Lipinski definition) is 10. The quantitative estimate of drug-likeness (QED) is 0.477. The van der Waals surface area contributed by atoms with E-state index in [1.54, 1.807) is 12.3 Å². The van der Waals surface area contributed by atoms with E-state index in [0.29, 0.717) is 37.3 Å². The molecular formula is C25H33N7O3S. The van der Waals surface area contributed by atoms with Crippen LogP contribution in [0.2, 0.25) is 0 Å². The number of benzene rings is 1. The predicted molar refractivity (Wildman–Crippen MR) is 144 cm³/mol. The van der Waals surface area contributed by atoms with E-state index < -0.39 is 15.1 Å². The molecule has 0 spiro atoms. The van der Waals surface area contributed by atoms with E-state index in [1.165, 1.54) is 0 Å². The maximum atomic E-state index is 12.5. The average Bonchev–Trinajstić information content (AvgIpc) is 2.78. The Labute approximate surface area is 211 Å². The van der Waals surface area contributed by atoms with Crippen LogP contribution in [0.15, 0.2) is 30.6 Å². The van der Waals surface area contributed by atoms with Gasteiger partial charge in [0.1, 0.15) is 11.6 Å². The number of fused-ring (bicyclic) bond motifs is 1. The fraction of sp³-hybridized carbons (Fsp3) is 0.480. The van der Waals surface area contributed by atoms with Crippen molar-refractivity contribution in [3.05, 3.63) is 36.2 Å². The second-order valence-corrected chi connectivity index (χ2v) is 12.4. The molecule has 10 nitrogen and oxygen atoms in total. The van der Waals surface area contributed by atoms with Crippen LogP contribution >= 0.6 is 0 Å². The lowest BCUT2D eigenvalue weighted by Gasteiger charge is -2.45. The molecule has 11 heteroatoms. The van der Waals surface area contributed by atoms with Crippen molar-refractivity contribution in [2.24, 2.45) is 5.92 Å². The second kappa shape index (κ2) is 9.36. The van der Waals surface area contributed by atoms with Crippen LogP contribution in [-0.4, -0.2) is 74.8 Å². The highest BCUT2D eigenvalue weighted by atomic mass is 32.2. The van der Waals surface area contributed by atoms with E-state index in [4.69, 9.17) is 10.5 Å². The molecular weight excluding hydrogens is 478 g/mol. The Morgan fingerprint density at radius 3 is 2.64 bits per heavy atom. The van der Waals surface area contributed by atoms with Crippen LogP contribution in [-0.2, 0) is 14.6 Å². The third kappa shape index (κ3) is 4.53. The summed E-state index contributed by atoms with van der Waals surface area (Å²) in [5.41, 5.74) is 9.34. The maximum absolute atomic E-state index is 12.5. The highest BCUT2D eigenvalue weighted by molar-refractivity contribution is 7.92. The molecule has 1 aromatic carbocycles. The number of aromatic nitrogens is 3. The SMILES string of the molecule is CC(C)c1c(N)cc(N2CC(C3COCCS3(=O)=O)C2)c2cnc(Nc3ccnc(N(C)C)n3)cc12. The van der Waals surface area contributed by atoms with Crippen molar-refractivity contribution in [3.8, 4) is 0 Å². The van der Waals surface area contributed by atoms with Crippen LogP contribution in [0.4, 0.5) is 29.0 Å². The van der Waals surface area contributed by atoms with Crippen molar-refractivity contribution >= 4 is 49.6 Å². The summed E-state index contributed by atoms with van der Waals surface area (Å²) in [5.74, 6) is 2.29. The van der Waals surface area contributed by atoms with Crippen LogP contribution in [0, 0.1) is 5.92 Å². The largest absolute Gasteiger partial charge is 0.398 e. The summed E-state index contributed by atoms with van der Waals surface area (Å²) in [5, 5.41) is 4.87. The van der Waals surface area contributed by atoms with E-state index in [0.717, 1.165) is 27.7 Å². The summed E-state index contributed by atoms with van der Waals surface area (Å²) in [4.78, 5) is 17.5. The van der Waals surface area contributed by atoms with Crippen molar-refractivity contribution in [2.75, 3.05) is 67.0 Å². The molecule has 0 saturated carbocycles. The van der Waals surface area contributed by atoms with E-state index in [2.05, 4.69) is 39.0 Å². The lowest BCUT2D eigenvalue weighted by atomic mass is 9.90. The molecule has 2 aliphatic heterocycles. The van der Waals surface area contributed by atoms with Gasteiger partial charge in [0.25, 0.3) is 0 Å². The van der Waals surface area contributed by atoms with Crippen LogP contribution in [0.5, 0.6) is 0 Å². The number of anilines is 5. The number of pyridine rings is 1. The number of nitrogen functional groups attached to an aromatic ring is 1. The van der Waals surface area contributed by atoms with Crippen LogP contribution in [0.1, 0.15) is 25.3 Å². The molecule has 3 N–H and O–H groups in total. The Bertz CT molecular complexity index is 1390. The number of nitrogens with zero attached hydrogens (tertiary/aromatic N) is 5. The molecule has 0 bridgehead atoms. The Morgan fingerprint density at radius 1 is 1.17 bits per heavy atom. The second-order valence-electron chi connectivity index (χ2n) is 10.1. The van der Waals surface area contributed by atoms with E-state index >= 15 is 0 Å². The van der Waals surface area contributed by atoms with Gasteiger partial charge < -0.3 is 25.6 Å². The van der Waals surface area contributed by atoms with E-state index in [-0.39, 0.29) is 24.2 Å². The first kappa shape index (κ1) is 24.5. The summed E-state index contributed by atoms with van der Waals surface area (Å²) in [6.07, 6.45) is 3.57. The zero-order valence-corrected chi connectivity index (χ0v) is 21.9. The molecule has 0 amide bonds. The summed E-state index contributed by atoms with van der Waals surface area (Å²) in [7, 11) is 0.673. The average molecular weight is 512 g/mol. The minimum Gasteiger partial charge on any atom is -0.398 e. The molecule has 2 aromatic heterocycles. The Kier molecular flexibility index (Phi) is 6.37. The number of rotatable bonds is 6. The first-order valence-corrected chi connectivity index (χ1v) is 13.9. The van der Waals surface area contributed by atoms with Gasteiger partial charge in [0.05, 0.1) is 24.2 Å². The third-order valence-corrected chi connectivity index (χ3v) is 9.16. The summed E-state index contributed by atoms with van der Waals surface area (Å²) >= 11 is 0. The Balaban J connectivity index is 1.47. The number of sulfone groups is 1. The zero-order valence-electron chi connectivity index (χ0n) is 21.1. The van der Waals surface area contributed by atoms with Crippen molar-refractivity contribution < 1.29 is 13.2 Å². The van der Waals surface area contributed by atoms with Gasteiger partial charge in [-0.15, -0.1) is 0 Å². The van der Waals surface area contributed by atoms with Gasteiger partial charge in [-0.2, -0.15) is 4.98 Å². The number of ether oxygens (including phenoxy) is 1. The Morgan fingerprint density at radius 2 is 1.94 bits per heavy atom. The molecule has 0 radical (unpaired) electrons. The lowest BCUT2D eigenvalue weighted by molar-refractivity contribution is 0.119. The smallest absolute Gasteiger partial charge is 0.226 e. The highest BCUT2D eigenvalue weighted by Gasteiger charge is 2.43. The molecule has 36 heavy (non-hydrogen) atoms. The van der Waals surface area contributed by atoms with Crippen LogP contribution in [0.25, 0.3) is 10.8 Å². The van der Waals surface area contributed by atoms with Gasteiger partial charge in [0.15, 0.2) is 9.84 Å². The molecule has 192 valence electrons. The van der Waals surface area contributed by atoms with Crippen molar-refractivity contribution in [2.45, 2.75) is 25.0 Å². The summed E-state index contributed by atoms with van der Waals surface area (Å²) < 4.78 is 30.6. The monoisotopic (exact) mass is 511 g/mol. The molecule has 1 unspecified atom stereocenters. The van der Waals surface area contributed by atoms with E-state index in [1.807, 2.05) is 37.3 Å². The minimum atomic E-state index is -3.11. The van der Waals surface area contributed by atoms with Crippen molar-refractivity contribution in [1.29, 1.82) is 0 Å². The topological polar surface area (TPSA) is 127 Å². The molecule has 1 atom stereocenters. The van der Waals surface area contributed by atoms with E-state index in [9.17, 15) is 8.42 Å². The van der Waals surface area contributed by atoms with Gasteiger partial charge in [-0.05, 0) is 35.1 Å². The van der Waals surface area contributed by atoms with Crippen molar-refractivity contribution in [3.63, 3.8) is 0 Å². The number of hydrogen-bond donors (Lipinski definition) is 2. The third-order valence-electron chi connectivity index (χ3n) is 6.98. The molecule has 4 heterocycles. The van der Waals surface area contributed by atoms with Crippen molar-refractivity contribution in [1.82, 2.24) is 15.0 Å². The number of nitrogens with one attached hydrogen (secondary N) is 1. The first-order valence-electron chi connectivity index (χ1n) is 12.2.